The molecule has 0 fully saturated rings. The highest BCUT2D eigenvalue weighted by Gasteiger charge is 2.15. The molecule has 0 unspecified atom stereocenters. The van der Waals surface area contributed by atoms with E-state index in [-0.39, 0.29) is 11.4 Å². The van der Waals surface area contributed by atoms with Gasteiger partial charge in [0, 0.05) is 22.6 Å². The molecule has 0 spiro atoms. The largest absolute Gasteiger partial charge is 0.361 e. The molecule has 0 bridgehead atoms. The number of aromatic nitrogens is 1. The third-order valence-corrected chi connectivity index (χ3v) is 2.87. The molecule has 3 heteroatoms. The molecule has 0 aliphatic rings. The second-order valence-electron chi connectivity index (χ2n) is 5.79. The second-order valence-corrected chi connectivity index (χ2v) is 5.79. The molecule has 0 radical (unpaired) electrons. The number of hydrogen-bond donors (Lipinski definition) is 2. The summed E-state index contributed by atoms with van der Waals surface area (Å²) in [6, 6.07) is 6.15. The number of H-pyrrole nitrogens is 1. The molecule has 18 heavy (non-hydrogen) atoms. The molecule has 96 valence electrons. The SMILES string of the molecule is Cc1cccc2c(CC(=O)NC(C)(C)C)c[nH]c12. The van der Waals surface area contributed by atoms with Gasteiger partial charge in [0.05, 0.1) is 6.42 Å². The first-order valence-electron chi connectivity index (χ1n) is 6.23. The molecule has 0 atom stereocenters. The first kappa shape index (κ1) is 12.7. The highest BCUT2D eigenvalue weighted by atomic mass is 16.1. The lowest BCUT2D eigenvalue weighted by Crippen LogP contribution is -2.41. The molecular weight excluding hydrogens is 224 g/mol. The number of aromatic amines is 1. The highest BCUT2D eigenvalue weighted by Crippen LogP contribution is 2.21. The molecule has 1 heterocycles. The van der Waals surface area contributed by atoms with E-state index in [4.69, 9.17) is 0 Å². The van der Waals surface area contributed by atoms with E-state index in [1.165, 1.54) is 5.56 Å². The quantitative estimate of drug-likeness (QED) is 0.838. The van der Waals surface area contributed by atoms with Crippen molar-refractivity contribution < 1.29 is 4.79 Å². The summed E-state index contributed by atoms with van der Waals surface area (Å²) in [4.78, 5) is 15.2. The highest BCUT2D eigenvalue weighted by molar-refractivity contribution is 5.90. The van der Waals surface area contributed by atoms with Crippen LogP contribution in [-0.2, 0) is 11.2 Å². The van der Waals surface area contributed by atoms with Gasteiger partial charge in [-0.15, -0.1) is 0 Å². The van der Waals surface area contributed by atoms with Gasteiger partial charge in [0.1, 0.15) is 0 Å². The van der Waals surface area contributed by atoms with Gasteiger partial charge in [0.25, 0.3) is 0 Å². The van der Waals surface area contributed by atoms with Gasteiger partial charge in [0.2, 0.25) is 5.91 Å². The Balaban J connectivity index is 2.23. The molecule has 1 aromatic heterocycles. The topological polar surface area (TPSA) is 44.9 Å². The Kier molecular flexibility index (Phi) is 3.16. The molecule has 2 rings (SSSR count). The van der Waals surface area contributed by atoms with E-state index >= 15 is 0 Å². The number of benzene rings is 1. The minimum atomic E-state index is -0.181. The van der Waals surface area contributed by atoms with Gasteiger partial charge < -0.3 is 10.3 Å². The molecule has 0 saturated heterocycles. The van der Waals surface area contributed by atoms with Crippen LogP contribution in [0.5, 0.6) is 0 Å². The van der Waals surface area contributed by atoms with Crippen molar-refractivity contribution in [2.45, 2.75) is 39.7 Å². The van der Waals surface area contributed by atoms with Crippen LogP contribution in [0.25, 0.3) is 10.9 Å². The van der Waals surface area contributed by atoms with Crippen LogP contribution in [0.4, 0.5) is 0 Å². The van der Waals surface area contributed by atoms with E-state index in [9.17, 15) is 4.79 Å². The van der Waals surface area contributed by atoms with Crippen LogP contribution in [0.1, 0.15) is 31.9 Å². The number of carbonyl (C=O) groups excluding carboxylic acids is 1. The van der Waals surface area contributed by atoms with Crippen LogP contribution in [0, 0.1) is 6.92 Å². The maximum Gasteiger partial charge on any atom is 0.224 e. The zero-order valence-corrected chi connectivity index (χ0v) is 11.4. The number of nitrogens with one attached hydrogen (secondary N) is 2. The van der Waals surface area contributed by atoms with Crippen LogP contribution in [0.15, 0.2) is 24.4 Å². The van der Waals surface area contributed by atoms with Crippen LogP contribution >= 0.6 is 0 Å². The summed E-state index contributed by atoms with van der Waals surface area (Å²) in [7, 11) is 0. The Morgan fingerprint density at radius 1 is 1.33 bits per heavy atom. The number of carbonyl (C=O) groups is 1. The Hall–Kier alpha value is -1.77. The summed E-state index contributed by atoms with van der Waals surface area (Å²) in [6.45, 7) is 8.04. The zero-order valence-electron chi connectivity index (χ0n) is 11.4. The summed E-state index contributed by atoms with van der Waals surface area (Å²) < 4.78 is 0. The normalized spacial score (nSPS) is 11.8. The lowest BCUT2D eigenvalue weighted by atomic mass is 10.1. The predicted molar refractivity (Wildman–Crippen MR) is 74.6 cm³/mol. The molecule has 2 N–H and O–H groups in total. The molecule has 2 aromatic rings. The van der Waals surface area contributed by atoms with Crippen LogP contribution in [0.2, 0.25) is 0 Å². The molecule has 0 aliphatic heterocycles. The summed E-state index contributed by atoms with van der Waals surface area (Å²) in [6.07, 6.45) is 2.35. The van der Waals surface area contributed by atoms with Crippen LogP contribution in [0.3, 0.4) is 0 Å². The van der Waals surface area contributed by atoms with Gasteiger partial charge in [-0.05, 0) is 38.8 Å². The van der Waals surface area contributed by atoms with E-state index < -0.39 is 0 Å². The number of para-hydroxylation sites is 1. The summed E-state index contributed by atoms with van der Waals surface area (Å²) in [5, 5.41) is 4.12. The first-order valence-corrected chi connectivity index (χ1v) is 6.23. The van der Waals surface area contributed by atoms with Crippen LogP contribution < -0.4 is 5.32 Å². The van der Waals surface area contributed by atoms with Gasteiger partial charge in [-0.3, -0.25) is 4.79 Å². The van der Waals surface area contributed by atoms with Crippen molar-refractivity contribution in [3.63, 3.8) is 0 Å². The van der Waals surface area contributed by atoms with E-state index in [0.29, 0.717) is 6.42 Å². The van der Waals surface area contributed by atoms with E-state index in [1.54, 1.807) is 0 Å². The monoisotopic (exact) mass is 244 g/mol. The standard InChI is InChI=1S/C15H20N2O/c1-10-6-5-7-12-11(9-16-14(10)12)8-13(18)17-15(2,3)4/h5-7,9,16H,8H2,1-4H3,(H,17,18). The number of rotatable bonds is 2. The maximum absolute atomic E-state index is 11.9. The minimum absolute atomic E-state index is 0.0601. The maximum atomic E-state index is 11.9. The van der Waals surface area contributed by atoms with Crippen molar-refractivity contribution in [2.24, 2.45) is 0 Å². The number of hydrogen-bond acceptors (Lipinski definition) is 1. The molecule has 0 saturated carbocycles. The summed E-state index contributed by atoms with van der Waals surface area (Å²) >= 11 is 0. The van der Waals surface area contributed by atoms with E-state index in [1.807, 2.05) is 33.0 Å². The van der Waals surface area contributed by atoms with Gasteiger partial charge in [-0.25, -0.2) is 0 Å². The molecule has 0 aliphatic carbocycles. The molecule has 3 nitrogen and oxygen atoms in total. The van der Waals surface area contributed by atoms with Gasteiger partial charge in [-0.2, -0.15) is 0 Å². The first-order chi connectivity index (χ1) is 8.37. The van der Waals surface area contributed by atoms with Gasteiger partial charge in [0.15, 0.2) is 0 Å². The Labute approximate surface area is 108 Å². The molecule has 1 aromatic carbocycles. The van der Waals surface area contributed by atoms with Crippen molar-refractivity contribution in [3.8, 4) is 0 Å². The second kappa shape index (κ2) is 4.48. The predicted octanol–water partition coefficient (Wildman–Crippen LogP) is 2.93. The van der Waals surface area contributed by atoms with Crippen molar-refractivity contribution >= 4 is 16.8 Å². The van der Waals surface area contributed by atoms with E-state index in [2.05, 4.69) is 29.4 Å². The Morgan fingerprint density at radius 2 is 2.06 bits per heavy atom. The van der Waals surface area contributed by atoms with Crippen molar-refractivity contribution in [1.82, 2.24) is 10.3 Å². The molecular formula is C15H20N2O. The third-order valence-electron chi connectivity index (χ3n) is 2.87. The van der Waals surface area contributed by atoms with Gasteiger partial charge in [-0.1, -0.05) is 18.2 Å². The third kappa shape index (κ3) is 2.73. The fourth-order valence-corrected chi connectivity index (χ4v) is 2.15. The average molecular weight is 244 g/mol. The Bertz CT molecular complexity index is 576. The zero-order chi connectivity index (χ0) is 13.3. The average Bonchev–Trinajstić information content (AvgIpc) is 2.60. The van der Waals surface area contributed by atoms with Gasteiger partial charge >= 0.3 is 0 Å². The minimum Gasteiger partial charge on any atom is -0.361 e. The number of amides is 1. The van der Waals surface area contributed by atoms with Crippen molar-refractivity contribution in [1.29, 1.82) is 0 Å². The Morgan fingerprint density at radius 3 is 2.72 bits per heavy atom. The summed E-state index contributed by atoms with van der Waals surface area (Å²) in [5.41, 5.74) is 3.19. The van der Waals surface area contributed by atoms with E-state index in [0.717, 1.165) is 16.5 Å². The fourth-order valence-electron chi connectivity index (χ4n) is 2.15. The molecule has 1 amide bonds. The van der Waals surface area contributed by atoms with Crippen molar-refractivity contribution in [3.05, 3.63) is 35.5 Å². The van der Waals surface area contributed by atoms with Crippen LogP contribution in [-0.4, -0.2) is 16.4 Å². The number of fused-ring (bicyclic) bond motifs is 1. The lowest BCUT2D eigenvalue weighted by Gasteiger charge is -2.20. The number of aryl methyl sites for hydroxylation is 1. The fraction of sp³-hybridized carbons (Fsp3) is 0.400. The smallest absolute Gasteiger partial charge is 0.224 e. The summed E-state index contributed by atoms with van der Waals surface area (Å²) in [5.74, 6) is 0.0601. The van der Waals surface area contributed by atoms with Crippen molar-refractivity contribution in [2.75, 3.05) is 0 Å². The lowest BCUT2D eigenvalue weighted by molar-refractivity contribution is -0.121.